The molecule has 5 heteroatoms. The van der Waals surface area contributed by atoms with Crippen LogP contribution in [0.3, 0.4) is 0 Å². The van der Waals surface area contributed by atoms with E-state index < -0.39 is 5.91 Å². The molecule has 0 saturated heterocycles. The molecule has 0 aliphatic carbocycles. The minimum Gasteiger partial charge on any atom is -0.370 e. The Hall–Kier alpha value is -2.69. The van der Waals surface area contributed by atoms with Crippen molar-refractivity contribution in [2.75, 3.05) is 0 Å². The van der Waals surface area contributed by atoms with E-state index in [0.29, 0.717) is 5.56 Å². The molecule has 4 N–H and O–H groups in total. The van der Waals surface area contributed by atoms with Gasteiger partial charge in [-0.05, 0) is 35.2 Å². The lowest BCUT2D eigenvalue weighted by Gasteiger charge is -2.11. The van der Waals surface area contributed by atoms with Crippen LogP contribution >= 0.6 is 0 Å². The molecule has 0 spiro atoms. The smallest absolute Gasteiger partial charge is 0.253 e. The molecule has 0 aliphatic heterocycles. The monoisotopic (exact) mass is 285 g/mol. The van der Waals surface area contributed by atoms with Gasteiger partial charge in [0, 0.05) is 0 Å². The normalized spacial score (nSPS) is 10.2. The lowest BCUT2D eigenvalue weighted by atomic mass is 9.94. The zero-order valence-electron chi connectivity index (χ0n) is 11.6. The first-order valence-corrected chi connectivity index (χ1v) is 6.45. The Morgan fingerprint density at radius 1 is 1.10 bits per heavy atom. The quantitative estimate of drug-likeness (QED) is 0.669. The summed E-state index contributed by atoms with van der Waals surface area (Å²) in [7, 11) is 0. The fourth-order valence-electron chi connectivity index (χ4n) is 2.18. The van der Waals surface area contributed by atoms with Crippen LogP contribution in [0.15, 0.2) is 47.5 Å². The molecule has 0 atom stereocenters. The summed E-state index contributed by atoms with van der Waals surface area (Å²) in [5.74, 6) is -0.978. The van der Waals surface area contributed by atoms with Gasteiger partial charge in [-0.15, -0.1) is 0 Å². The van der Waals surface area contributed by atoms with E-state index in [4.69, 9.17) is 11.5 Å². The third-order valence-electron chi connectivity index (χ3n) is 3.17. The molecular weight excluding hydrogens is 269 g/mol. The van der Waals surface area contributed by atoms with E-state index in [1.165, 1.54) is 6.07 Å². The molecule has 0 aromatic heterocycles. The van der Waals surface area contributed by atoms with E-state index in [2.05, 4.69) is 4.99 Å². The number of amides is 1. The van der Waals surface area contributed by atoms with Gasteiger partial charge in [-0.25, -0.2) is 4.39 Å². The number of benzene rings is 2. The van der Waals surface area contributed by atoms with Crippen molar-refractivity contribution in [2.24, 2.45) is 16.5 Å². The summed E-state index contributed by atoms with van der Waals surface area (Å²) in [6.07, 6.45) is 0.0596. The van der Waals surface area contributed by atoms with Crippen LogP contribution in [0.5, 0.6) is 0 Å². The molecule has 0 aliphatic rings. The number of nitrogens with two attached hydrogens (primary N) is 2. The summed E-state index contributed by atoms with van der Waals surface area (Å²) in [4.78, 5) is 15.2. The Kier molecular flexibility index (Phi) is 4.33. The Bertz CT molecular complexity index is 706. The Labute approximate surface area is 122 Å². The van der Waals surface area contributed by atoms with Gasteiger partial charge in [0.1, 0.15) is 5.82 Å². The third kappa shape index (κ3) is 3.45. The summed E-state index contributed by atoms with van der Waals surface area (Å²) >= 11 is 0. The second-order valence-electron chi connectivity index (χ2n) is 4.68. The van der Waals surface area contributed by atoms with Gasteiger partial charge in [0.25, 0.3) is 5.91 Å². The topological polar surface area (TPSA) is 81.5 Å². The first-order valence-electron chi connectivity index (χ1n) is 6.45. The number of aliphatic imine (C=N–C) groups is 1. The van der Waals surface area contributed by atoms with E-state index in [1.807, 2.05) is 24.3 Å². The third-order valence-corrected chi connectivity index (χ3v) is 3.17. The molecule has 4 nitrogen and oxygen atoms in total. The fourth-order valence-corrected chi connectivity index (χ4v) is 2.18. The zero-order chi connectivity index (χ0) is 15.4. The van der Waals surface area contributed by atoms with Crippen molar-refractivity contribution in [3.05, 3.63) is 59.4 Å². The maximum Gasteiger partial charge on any atom is 0.253 e. The van der Waals surface area contributed by atoms with Crippen molar-refractivity contribution in [3.63, 3.8) is 0 Å². The van der Waals surface area contributed by atoms with Crippen molar-refractivity contribution in [1.82, 2.24) is 0 Å². The van der Waals surface area contributed by atoms with E-state index in [1.54, 1.807) is 19.1 Å². The predicted octanol–water partition coefficient (Wildman–Crippen LogP) is 2.14. The Balaban J connectivity index is 2.44. The number of nitrogens with zero attached hydrogens (tertiary/aromatic N) is 1. The number of carbonyl (C=O) groups is 1. The molecule has 0 unspecified atom stereocenters. The summed E-state index contributed by atoms with van der Waals surface area (Å²) in [6.45, 7) is 1.71. The van der Waals surface area contributed by atoms with Crippen LogP contribution in [0.4, 0.5) is 4.39 Å². The van der Waals surface area contributed by atoms with Gasteiger partial charge >= 0.3 is 0 Å². The summed E-state index contributed by atoms with van der Waals surface area (Å²) in [5.41, 5.74) is 13.2. The van der Waals surface area contributed by atoms with Crippen LogP contribution in [-0.2, 0) is 11.2 Å². The number of halogens is 1. The predicted molar refractivity (Wildman–Crippen MR) is 81.1 cm³/mol. The van der Waals surface area contributed by atoms with E-state index in [-0.39, 0.29) is 18.2 Å². The van der Waals surface area contributed by atoms with Crippen molar-refractivity contribution in [2.45, 2.75) is 13.3 Å². The SMILES string of the molecule is Cc1c(F)cccc1-c1ccccc1CC(=O)N=C(N)N. The van der Waals surface area contributed by atoms with Gasteiger partial charge in [0.2, 0.25) is 0 Å². The highest BCUT2D eigenvalue weighted by Gasteiger charge is 2.12. The van der Waals surface area contributed by atoms with Gasteiger partial charge in [-0.1, -0.05) is 36.4 Å². The van der Waals surface area contributed by atoms with Crippen molar-refractivity contribution < 1.29 is 9.18 Å². The number of hydrogen-bond acceptors (Lipinski definition) is 1. The minimum absolute atomic E-state index is 0.0596. The van der Waals surface area contributed by atoms with Gasteiger partial charge in [-0.2, -0.15) is 4.99 Å². The maximum absolute atomic E-state index is 13.7. The molecular formula is C16H16FN3O. The molecule has 2 rings (SSSR count). The lowest BCUT2D eigenvalue weighted by Crippen LogP contribution is -2.24. The summed E-state index contributed by atoms with van der Waals surface area (Å²) in [5, 5.41) is 0. The van der Waals surface area contributed by atoms with E-state index in [0.717, 1.165) is 16.7 Å². The summed E-state index contributed by atoms with van der Waals surface area (Å²) < 4.78 is 13.7. The molecule has 0 fully saturated rings. The molecule has 0 saturated carbocycles. The summed E-state index contributed by atoms with van der Waals surface area (Å²) in [6, 6.07) is 12.2. The zero-order valence-corrected chi connectivity index (χ0v) is 11.6. The molecule has 0 bridgehead atoms. The van der Waals surface area contributed by atoms with Crippen LogP contribution in [0.2, 0.25) is 0 Å². The van der Waals surface area contributed by atoms with Crippen molar-refractivity contribution in [3.8, 4) is 11.1 Å². The highest BCUT2D eigenvalue weighted by atomic mass is 19.1. The first-order chi connectivity index (χ1) is 9.99. The Morgan fingerprint density at radius 3 is 2.48 bits per heavy atom. The standard InChI is InChI=1S/C16H16FN3O/c1-10-12(7-4-8-14(10)17)13-6-3-2-5-11(13)9-15(21)20-16(18)19/h2-8H,9H2,1H3,(H4,18,19,20,21). The Morgan fingerprint density at radius 2 is 1.76 bits per heavy atom. The van der Waals surface area contributed by atoms with E-state index in [9.17, 15) is 9.18 Å². The van der Waals surface area contributed by atoms with Gasteiger partial charge in [-0.3, -0.25) is 4.79 Å². The van der Waals surface area contributed by atoms with Crippen molar-refractivity contribution in [1.29, 1.82) is 0 Å². The van der Waals surface area contributed by atoms with Gasteiger partial charge < -0.3 is 11.5 Å². The first kappa shape index (κ1) is 14.7. The van der Waals surface area contributed by atoms with Crippen LogP contribution in [0.25, 0.3) is 11.1 Å². The largest absolute Gasteiger partial charge is 0.370 e. The molecule has 108 valence electrons. The van der Waals surface area contributed by atoms with Crippen LogP contribution < -0.4 is 11.5 Å². The maximum atomic E-state index is 13.7. The molecule has 2 aromatic carbocycles. The van der Waals surface area contributed by atoms with Crippen LogP contribution in [0.1, 0.15) is 11.1 Å². The number of rotatable bonds is 3. The number of guanidine groups is 1. The molecule has 0 radical (unpaired) electrons. The highest BCUT2D eigenvalue weighted by molar-refractivity contribution is 5.93. The fraction of sp³-hybridized carbons (Fsp3) is 0.125. The van der Waals surface area contributed by atoms with Crippen LogP contribution in [-0.4, -0.2) is 11.9 Å². The second kappa shape index (κ2) is 6.17. The lowest BCUT2D eigenvalue weighted by molar-refractivity contribution is -0.117. The number of carbonyl (C=O) groups excluding carboxylic acids is 1. The van der Waals surface area contributed by atoms with Crippen molar-refractivity contribution >= 4 is 11.9 Å². The minimum atomic E-state index is -0.434. The van der Waals surface area contributed by atoms with Gasteiger partial charge in [0.05, 0.1) is 6.42 Å². The highest BCUT2D eigenvalue weighted by Crippen LogP contribution is 2.28. The number of hydrogen-bond donors (Lipinski definition) is 2. The molecule has 21 heavy (non-hydrogen) atoms. The molecule has 1 amide bonds. The second-order valence-corrected chi connectivity index (χ2v) is 4.68. The van der Waals surface area contributed by atoms with Gasteiger partial charge in [0.15, 0.2) is 5.96 Å². The average Bonchev–Trinajstić information content (AvgIpc) is 2.42. The molecule has 0 heterocycles. The van der Waals surface area contributed by atoms with Crippen LogP contribution in [0, 0.1) is 12.7 Å². The average molecular weight is 285 g/mol. The van der Waals surface area contributed by atoms with E-state index >= 15 is 0 Å². The molecule has 2 aromatic rings.